The van der Waals surface area contributed by atoms with E-state index in [2.05, 4.69) is 0 Å². The lowest BCUT2D eigenvalue weighted by Crippen LogP contribution is -2.29. The molecule has 1 aliphatic heterocycles. The fourth-order valence-electron chi connectivity index (χ4n) is 3.91. The third-order valence-corrected chi connectivity index (χ3v) is 5.80. The average Bonchev–Trinajstić information content (AvgIpc) is 3.11. The zero-order valence-corrected chi connectivity index (χ0v) is 19.2. The summed E-state index contributed by atoms with van der Waals surface area (Å²) in [6, 6.07) is 16.7. The van der Waals surface area contributed by atoms with Gasteiger partial charge in [0.1, 0.15) is 23.0 Å². The maximum Gasteiger partial charge on any atom is 0.300 e. The molecule has 0 aromatic heterocycles. The van der Waals surface area contributed by atoms with E-state index in [1.165, 1.54) is 24.1 Å². The normalized spacial score (nSPS) is 17.1. The lowest BCUT2D eigenvalue weighted by Gasteiger charge is -2.26. The Hall–Kier alpha value is -3.97. The molecule has 0 aliphatic carbocycles. The highest BCUT2D eigenvalue weighted by molar-refractivity contribution is 6.51. The predicted molar refractivity (Wildman–Crippen MR) is 129 cm³/mol. The highest BCUT2D eigenvalue weighted by Gasteiger charge is 2.47. The number of carbonyl (C=O) groups excluding carboxylic acids is 2. The molecule has 1 saturated heterocycles. The highest BCUT2D eigenvalue weighted by atomic mass is 35.5. The van der Waals surface area contributed by atoms with E-state index in [0.29, 0.717) is 34.9 Å². The third kappa shape index (κ3) is 4.18. The van der Waals surface area contributed by atoms with Crippen molar-refractivity contribution in [3.8, 4) is 17.2 Å². The highest BCUT2D eigenvalue weighted by Crippen LogP contribution is 2.44. The first-order valence-corrected chi connectivity index (χ1v) is 10.9. The van der Waals surface area contributed by atoms with Gasteiger partial charge in [0.05, 0.1) is 30.4 Å². The number of ketones is 1. The second-order valence-electron chi connectivity index (χ2n) is 7.54. The number of benzene rings is 3. The molecule has 4 rings (SSSR count). The van der Waals surface area contributed by atoms with Gasteiger partial charge in [-0.05, 0) is 61.0 Å². The van der Waals surface area contributed by atoms with Gasteiger partial charge in [-0.3, -0.25) is 14.5 Å². The van der Waals surface area contributed by atoms with Gasteiger partial charge in [-0.2, -0.15) is 0 Å². The molecular formula is C26H22ClNO6. The summed E-state index contributed by atoms with van der Waals surface area (Å²) in [6.45, 7) is 2.26. The second-order valence-corrected chi connectivity index (χ2v) is 7.95. The Bertz CT molecular complexity index is 1280. The van der Waals surface area contributed by atoms with E-state index in [0.717, 1.165) is 0 Å². The number of halogens is 1. The van der Waals surface area contributed by atoms with Gasteiger partial charge in [0.2, 0.25) is 0 Å². The minimum atomic E-state index is -0.984. The monoisotopic (exact) mass is 479 g/mol. The van der Waals surface area contributed by atoms with Crippen LogP contribution in [0.15, 0.2) is 72.3 Å². The van der Waals surface area contributed by atoms with Crippen LogP contribution in [0.5, 0.6) is 17.2 Å². The summed E-state index contributed by atoms with van der Waals surface area (Å²) >= 11 is 6.15. The van der Waals surface area contributed by atoms with Gasteiger partial charge in [-0.25, -0.2) is 0 Å². The Morgan fingerprint density at radius 2 is 1.76 bits per heavy atom. The number of nitrogens with zero attached hydrogens (tertiary/aromatic N) is 1. The van der Waals surface area contributed by atoms with Crippen molar-refractivity contribution in [1.82, 2.24) is 0 Å². The molecule has 3 aromatic rings. The molecule has 34 heavy (non-hydrogen) atoms. The number of aromatic hydroxyl groups is 1. The van der Waals surface area contributed by atoms with Crippen molar-refractivity contribution in [2.45, 2.75) is 13.0 Å². The van der Waals surface area contributed by atoms with E-state index in [-0.39, 0.29) is 22.1 Å². The fraction of sp³-hybridized carbons (Fsp3) is 0.154. The molecule has 1 atom stereocenters. The fourth-order valence-corrected chi connectivity index (χ4v) is 4.09. The maximum atomic E-state index is 13.2. The van der Waals surface area contributed by atoms with E-state index in [4.69, 9.17) is 21.1 Å². The van der Waals surface area contributed by atoms with Crippen LogP contribution in [0.1, 0.15) is 24.1 Å². The van der Waals surface area contributed by atoms with Crippen LogP contribution in [0.3, 0.4) is 0 Å². The molecule has 0 spiro atoms. The number of rotatable bonds is 6. The minimum absolute atomic E-state index is 0.0520. The standard InChI is InChI=1S/C26H22ClNO6/c1-3-34-19-6-4-5-16(13-19)24(30)22-23(15-7-12-21(29)20(27)14-15)28(26(32)25(22)31)17-8-10-18(33-2)11-9-17/h4-14,23,29-30H,3H2,1-2H3/b24-22-. The number of methoxy groups -OCH3 is 1. The summed E-state index contributed by atoms with van der Waals surface area (Å²) in [6.07, 6.45) is 0. The molecule has 1 aliphatic rings. The number of aliphatic hydroxyl groups is 1. The van der Waals surface area contributed by atoms with Crippen molar-refractivity contribution < 1.29 is 29.3 Å². The number of Topliss-reactive ketones (excluding diaryl/α,β-unsaturated/α-hetero) is 1. The van der Waals surface area contributed by atoms with Crippen molar-refractivity contribution >= 4 is 34.7 Å². The Morgan fingerprint density at radius 3 is 2.41 bits per heavy atom. The van der Waals surface area contributed by atoms with Crippen LogP contribution in [-0.4, -0.2) is 35.6 Å². The average molecular weight is 480 g/mol. The first-order chi connectivity index (χ1) is 16.3. The summed E-state index contributed by atoms with van der Waals surface area (Å²) in [4.78, 5) is 27.7. The number of hydrogen-bond donors (Lipinski definition) is 2. The van der Waals surface area contributed by atoms with Crippen LogP contribution in [0, 0.1) is 0 Å². The van der Waals surface area contributed by atoms with Gasteiger partial charge >= 0.3 is 0 Å². The van der Waals surface area contributed by atoms with Crippen LogP contribution >= 0.6 is 11.6 Å². The Balaban J connectivity index is 1.92. The molecule has 0 saturated carbocycles. The molecule has 2 N–H and O–H groups in total. The summed E-state index contributed by atoms with van der Waals surface area (Å²) in [7, 11) is 1.52. The van der Waals surface area contributed by atoms with Crippen LogP contribution in [0.25, 0.3) is 5.76 Å². The van der Waals surface area contributed by atoms with E-state index in [1.807, 2.05) is 6.92 Å². The number of aliphatic hydroxyl groups excluding tert-OH is 1. The van der Waals surface area contributed by atoms with E-state index in [1.54, 1.807) is 54.6 Å². The van der Waals surface area contributed by atoms with Crippen molar-refractivity contribution in [2.75, 3.05) is 18.6 Å². The van der Waals surface area contributed by atoms with E-state index >= 15 is 0 Å². The molecule has 7 nitrogen and oxygen atoms in total. The minimum Gasteiger partial charge on any atom is -0.507 e. The van der Waals surface area contributed by atoms with Crippen molar-refractivity contribution in [1.29, 1.82) is 0 Å². The van der Waals surface area contributed by atoms with Crippen LogP contribution < -0.4 is 14.4 Å². The molecule has 1 unspecified atom stereocenters. The number of carbonyl (C=O) groups is 2. The van der Waals surface area contributed by atoms with Gasteiger partial charge in [-0.15, -0.1) is 0 Å². The van der Waals surface area contributed by atoms with Crippen LogP contribution in [0.2, 0.25) is 5.02 Å². The zero-order valence-electron chi connectivity index (χ0n) is 18.5. The number of anilines is 1. The zero-order chi connectivity index (χ0) is 24.4. The van der Waals surface area contributed by atoms with Crippen molar-refractivity contribution in [2.24, 2.45) is 0 Å². The first-order valence-electron chi connectivity index (χ1n) is 10.5. The van der Waals surface area contributed by atoms with Gasteiger partial charge < -0.3 is 19.7 Å². The molecule has 3 aromatic carbocycles. The van der Waals surface area contributed by atoms with E-state index in [9.17, 15) is 19.8 Å². The Labute approximate surface area is 201 Å². The SMILES string of the molecule is CCOc1cccc(/C(O)=C2/C(=O)C(=O)N(c3ccc(OC)cc3)C2c2ccc(O)c(Cl)c2)c1. The summed E-state index contributed by atoms with van der Waals surface area (Å²) in [5.74, 6) is -1.04. The molecular weight excluding hydrogens is 458 g/mol. The molecule has 8 heteroatoms. The topological polar surface area (TPSA) is 96.3 Å². The first kappa shape index (κ1) is 23.2. The number of amides is 1. The van der Waals surface area contributed by atoms with Crippen LogP contribution in [-0.2, 0) is 9.59 Å². The largest absolute Gasteiger partial charge is 0.507 e. The van der Waals surface area contributed by atoms with Gasteiger partial charge in [0.15, 0.2) is 0 Å². The van der Waals surface area contributed by atoms with Gasteiger partial charge in [0, 0.05) is 11.3 Å². The smallest absolute Gasteiger partial charge is 0.300 e. The summed E-state index contributed by atoms with van der Waals surface area (Å²) in [5.41, 5.74) is 1.10. The molecule has 1 fully saturated rings. The number of phenols is 1. The molecule has 174 valence electrons. The van der Waals surface area contributed by atoms with Crippen LogP contribution in [0.4, 0.5) is 5.69 Å². The molecule has 0 bridgehead atoms. The lowest BCUT2D eigenvalue weighted by molar-refractivity contribution is -0.132. The molecule has 0 radical (unpaired) electrons. The van der Waals surface area contributed by atoms with Gasteiger partial charge in [0.25, 0.3) is 11.7 Å². The predicted octanol–water partition coefficient (Wildman–Crippen LogP) is 5.08. The van der Waals surface area contributed by atoms with Gasteiger partial charge in [-0.1, -0.05) is 29.8 Å². The van der Waals surface area contributed by atoms with Crippen molar-refractivity contribution in [3.63, 3.8) is 0 Å². The lowest BCUT2D eigenvalue weighted by atomic mass is 9.95. The summed E-state index contributed by atoms with van der Waals surface area (Å²) in [5, 5.41) is 21.2. The van der Waals surface area contributed by atoms with Crippen molar-refractivity contribution in [3.05, 3.63) is 88.5 Å². The summed E-state index contributed by atoms with van der Waals surface area (Å²) < 4.78 is 10.7. The number of ether oxygens (including phenoxy) is 2. The molecule has 1 amide bonds. The molecule has 1 heterocycles. The Morgan fingerprint density at radius 1 is 1.03 bits per heavy atom. The second kappa shape index (κ2) is 9.49. The quantitative estimate of drug-likeness (QED) is 0.291. The van der Waals surface area contributed by atoms with E-state index < -0.39 is 17.7 Å². The Kier molecular flexibility index (Phi) is 6.47. The number of hydrogen-bond acceptors (Lipinski definition) is 6. The third-order valence-electron chi connectivity index (χ3n) is 5.50. The maximum absolute atomic E-state index is 13.2. The number of phenolic OH excluding ortho intramolecular Hbond substituents is 1.